The van der Waals surface area contributed by atoms with E-state index in [1.165, 1.54) is 18.2 Å². The Balaban J connectivity index is 1.75. The first-order valence-electron chi connectivity index (χ1n) is 8.47. The predicted molar refractivity (Wildman–Crippen MR) is 105 cm³/mol. The van der Waals surface area contributed by atoms with E-state index in [0.717, 1.165) is 22.8 Å². The van der Waals surface area contributed by atoms with Crippen molar-refractivity contribution >= 4 is 16.8 Å². The number of rotatable bonds is 3. The highest BCUT2D eigenvalue weighted by Gasteiger charge is 2.11. The molecule has 0 saturated heterocycles. The van der Waals surface area contributed by atoms with Gasteiger partial charge in [0.1, 0.15) is 5.82 Å². The lowest BCUT2D eigenvalue weighted by Gasteiger charge is -2.09. The molecule has 0 heterocycles. The Bertz CT molecular complexity index is 1160. The van der Waals surface area contributed by atoms with E-state index < -0.39 is 11.6 Å². The molecule has 0 bridgehead atoms. The van der Waals surface area contributed by atoms with Crippen LogP contribution in [0.5, 0.6) is 0 Å². The summed E-state index contributed by atoms with van der Waals surface area (Å²) < 4.78 is 42.0. The molecule has 0 radical (unpaired) electrons. The second kappa shape index (κ2) is 6.76. The summed E-state index contributed by atoms with van der Waals surface area (Å²) in [6.07, 6.45) is 1.75. The van der Waals surface area contributed by atoms with Gasteiger partial charge in [0, 0.05) is 10.9 Å². The summed E-state index contributed by atoms with van der Waals surface area (Å²) in [5.41, 5.74) is 3.69. The normalized spacial score (nSPS) is 10.9. The lowest BCUT2D eigenvalue weighted by Crippen LogP contribution is -1.89. The average molecular weight is 360 g/mol. The largest absolute Gasteiger partial charge is 0.206 e. The van der Waals surface area contributed by atoms with Gasteiger partial charge in [0.15, 0.2) is 11.6 Å². The van der Waals surface area contributed by atoms with E-state index in [4.69, 9.17) is 0 Å². The SMILES string of the molecule is C=Cc1ccc(-c2ccc(-c3ccc4c(F)c(F)ccc4c3)c(F)c2)cc1. The molecule has 0 N–H and O–H groups in total. The fourth-order valence-corrected chi connectivity index (χ4v) is 3.17. The minimum absolute atomic E-state index is 0.179. The number of hydrogen-bond acceptors (Lipinski definition) is 0. The van der Waals surface area contributed by atoms with Gasteiger partial charge in [0.25, 0.3) is 0 Å². The predicted octanol–water partition coefficient (Wildman–Crippen LogP) is 7.23. The maximum absolute atomic E-state index is 14.8. The fourth-order valence-electron chi connectivity index (χ4n) is 3.17. The lowest BCUT2D eigenvalue weighted by atomic mass is 9.97. The van der Waals surface area contributed by atoms with E-state index >= 15 is 0 Å². The molecule has 0 atom stereocenters. The zero-order valence-corrected chi connectivity index (χ0v) is 14.3. The molecule has 0 aliphatic heterocycles. The van der Waals surface area contributed by atoms with Gasteiger partial charge < -0.3 is 0 Å². The lowest BCUT2D eigenvalue weighted by molar-refractivity contribution is 0.517. The number of hydrogen-bond donors (Lipinski definition) is 0. The molecule has 0 saturated carbocycles. The molecule has 0 aliphatic carbocycles. The Morgan fingerprint density at radius 3 is 2.04 bits per heavy atom. The first-order valence-corrected chi connectivity index (χ1v) is 8.47. The average Bonchev–Trinajstić information content (AvgIpc) is 2.70. The van der Waals surface area contributed by atoms with Crippen LogP contribution in [0.25, 0.3) is 39.1 Å². The second-order valence-corrected chi connectivity index (χ2v) is 6.32. The van der Waals surface area contributed by atoms with Gasteiger partial charge in [-0.05, 0) is 45.8 Å². The van der Waals surface area contributed by atoms with Crippen molar-refractivity contribution < 1.29 is 13.2 Å². The molecule has 0 amide bonds. The highest BCUT2D eigenvalue weighted by molar-refractivity contribution is 5.88. The third-order valence-corrected chi connectivity index (χ3v) is 4.67. The maximum atomic E-state index is 14.8. The summed E-state index contributed by atoms with van der Waals surface area (Å²) in [7, 11) is 0. The van der Waals surface area contributed by atoms with Crippen molar-refractivity contribution in [2.75, 3.05) is 0 Å². The second-order valence-electron chi connectivity index (χ2n) is 6.32. The van der Waals surface area contributed by atoms with Crippen LogP contribution in [-0.4, -0.2) is 0 Å². The Labute approximate surface area is 155 Å². The van der Waals surface area contributed by atoms with Crippen LogP contribution >= 0.6 is 0 Å². The smallest absolute Gasteiger partial charge is 0.166 e. The van der Waals surface area contributed by atoms with Gasteiger partial charge in [-0.1, -0.05) is 67.3 Å². The fraction of sp³-hybridized carbons (Fsp3) is 0. The van der Waals surface area contributed by atoms with Crippen molar-refractivity contribution in [3.05, 3.63) is 102 Å². The van der Waals surface area contributed by atoms with Crippen LogP contribution in [0, 0.1) is 17.5 Å². The van der Waals surface area contributed by atoms with Crippen LogP contribution < -0.4 is 0 Å². The molecule has 4 rings (SSSR count). The molecular weight excluding hydrogens is 345 g/mol. The van der Waals surface area contributed by atoms with Gasteiger partial charge >= 0.3 is 0 Å². The molecule has 0 unspecified atom stereocenters. The molecule has 0 fully saturated rings. The topological polar surface area (TPSA) is 0 Å². The van der Waals surface area contributed by atoms with Gasteiger partial charge in [-0.15, -0.1) is 0 Å². The first-order chi connectivity index (χ1) is 13.1. The highest BCUT2D eigenvalue weighted by atomic mass is 19.2. The molecule has 0 nitrogen and oxygen atoms in total. The Hall–Kier alpha value is -3.33. The van der Waals surface area contributed by atoms with Gasteiger partial charge in [-0.25, -0.2) is 13.2 Å². The molecule has 4 aromatic carbocycles. The van der Waals surface area contributed by atoms with Crippen molar-refractivity contribution in [2.24, 2.45) is 0 Å². The Morgan fingerprint density at radius 2 is 1.33 bits per heavy atom. The third-order valence-electron chi connectivity index (χ3n) is 4.67. The molecule has 132 valence electrons. The highest BCUT2D eigenvalue weighted by Crippen LogP contribution is 2.31. The van der Waals surface area contributed by atoms with Gasteiger partial charge in [-0.3, -0.25) is 0 Å². The van der Waals surface area contributed by atoms with Gasteiger partial charge in [0.05, 0.1) is 0 Å². The molecule has 27 heavy (non-hydrogen) atoms. The summed E-state index contributed by atoms with van der Waals surface area (Å²) in [5.74, 6) is -2.16. The number of halogens is 3. The molecule has 3 heteroatoms. The maximum Gasteiger partial charge on any atom is 0.166 e. The van der Waals surface area contributed by atoms with Gasteiger partial charge in [-0.2, -0.15) is 0 Å². The molecule has 0 aromatic heterocycles. The summed E-state index contributed by atoms with van der Waals surface area (Å²) in [6, 6.07) is 20.0. The number of benzene rings is 4. The van der Waals surface area contributed by atoms with Crippen LogP contribution in [-0.2, 0) is 0 Å². The Morgan fingerprint density at radius 1 is 0.630 bits per heavy atom. The van der Waals surface area contributed by atoms with Crippen molar-refractivity contribution in [1.82, 2.24) is 0 Å². The van der Waals surface area contributed by atoms with Crippen molar-refractivity contribution in [1.29, 1.82) is 0 Å². The van der Waals surface area contributed by atoms with Gasteiger partial charge in [0.2, 0.25) is 0 Å². The summed E-state index contributed by atoms with van der Waals surface area (Å²) in [4.78, 5) is 0. The molecule has 0 spiro atoms. The summed E-state index contributed by atoms with van der Waals surface area (Å²) in [6.45, 7) is 3.72. The van der Waals surface area contributed by atoms with E-state index in [0.29, 0.717) is 16.5 Å². The van der Waals surface area contributed by atoms with E-state index in [1.807, 2.05) is 30.3 Å². The standard InChI is InChI=1S/C24H15F3/c1-2-15-3-5-16(6-4-15)17-7-10-20(23(26)14-17)18-8-11-21-19(13-18)9-12-22(25)24(21)27/h2-14H,1H2. The van der Waals surface area contributed by atoms with Crippen LogP contribution in [0.3, 0.4) is 0 Å². The quantitative estimate of drug-likeness (QED) is 0.361. The zero-order valence-electron chi connectivity index (χ0n) is 14.3. The minimum atomic E-state index is -0.895. The van der Waals surface area contributed by atoms with E-state index in [9.17, 15) is 13.2 Å². The monoisotopic (exact) mass is 360 g/mol. The van der Waals surface area contributed by atoms with E-state index in [1.54, 1.807) is 24.3 Å². The number of fused-ring (bicyclic) bond motifs is 1. The third kappa shape index (κ3) is 3.13. The van der Waals surface area contributed by atoms with Crippen molar-refractivity contribution in [2.45, 2.75) is 0 Å². The molecule has 0 aliphatic rings. The van der Waals surface area contributed by atoms with E-state index in [-0.39, 0.29) is 11.2 Å². The summed E-state index contributed by atoms with van der Waals surface area (Å²) >= 11 is 0. The van der Waals surface area contributed by atoms with Crippen molar-refractivity contribution in [3.8, 4) is 22.3 Å². The molecule has 4 aromatic rings. The summed E-state index contributed by atoms with van der Waals surface area (Å²) in [5, 5.41) is 0.702. The Kier molecular flexibility index (Phi) is 4.28. The van der Waals surface area contributed by atoms with Crippen LogP contribution in [0.4, 0.5) is 13.2 Å². The zero-order chi connectivity index (χ0) is 19.0. The first kappa shape index (κ1) is 17.1. The molecular formula is C24H15F3. The van der Waals surface area contributed by atoms with Crippen LogP contribution in [0.15, 0.2) is 79.4 Å². The van der Waals surface area contributed by atoms with Crippen molar-refractivity contribution in [3.63, 3.8) is 0 Å². The minimum Gasteiger partial charge on any atom is -0.206 e. The van der Waals surface area contributed by atoms with E-state index in [2.05, 4.69) is 6.58 Å². The van der Waals surface area contributed by atoms with Crippen LogP contribution in [0.2, 0.25) is 0 Å². The van der Waals surface area contributed by atoms with Crippen LogP contribution in [0.1, 0.15) is 5.56 Å².